The van der Waals surface area contributed by atoms with Crippen molar-refractivity contribution >= 4 is 21.8 Å². The lowest BCUT2D eigenvalue weighted by Crippen LogP contribution is -2.48. The number of benzene rings is 2. The molecule has 0 aliphatic carbocycles. The highest BCUT2D eigenvalue weighted by Gasteiger charge is 2.35. The van der Waals surface area contributed by atoms with E-state index in [1.165, 1.54) is 0 Å². The molecule has 172 valence electrons. The number of sulfonamides is 1. The van der Waals surface area contributed by atoms with Gasteiger partial charge in [0.05, 0.1) is 10.5 Å². The molecular weight excluding hydrogens is 447 g/mol. The highest BCUT2D eigenvalue weighted by molar-refractivity contribution is 7.89. The Morgan fingerprint density at radius 2 is 1.66 bits per heavy atom. The van der Waals surface area contributed by atoms with Gasteiger partial charge in [0.25, 0.3) is 5.91 Å². The third-order valence-corrected chi connectivity index (χ3v) is 7.21. The Morgan fingerprint density at radius 1 is 1.00 bits per heavy atom. The summed E-state index contributed by atoms with van der Waals surface area (Å²) in [5.41, 5.74) is 4.81. The molecule has 1 fully saturated rings. The number of hydrazine groups is 1. The number of rotatable bonds is 4. The maximum atomic E-state index is 12.9. The molecule has 1 saturated heterocycles. The smallest absolute Gasteiger partial charge is 0.273 e. The Bertz CT molecular complexity index is 1110. The first kappa shape index (κ1) is 23.7. The summed E-state index contributed by atoms with van der Waals surface area (Å²) in [7, 11) is -4.13. The van der Waals surface area contributed by atoms with Gasteiger partial charge in [-0.15, -0.1) is 0 Å². The van der Waals surface area contributed by atoms with E-state index in [4.69, 9.17) is 0 Å². The number of carbonyl (C=O) groups is 2. The number of aryl methyl sites for hydroxylation is 1. The van der Waals surface area contributed by atoms with Gasteiger partial charge in [-0.3, -0.25) is 20.4 Å². The molecule has 1 aliphatic heterocycles. The van der Waals surface area contributed by atoms with Crippen LogP contribution in [0.25, 0.3) is 0 Å². The fourth-order valence-electron chi connectivity index (χ4n) is 3.46. The molecule has 1 aliphatic rings. The number of nitrogens with one attached hydrogen (secondary N) is 2. The predicted octanol–water partition coefficient (Wildman–Crippen LogP) is 2.88. The largest absolute Gasteiger partial charge is 0.416 e. The van der Waals surface area contributed by atoms with Crippen LogP contribution in [0.1, 0.15) is 34.3 Å². The summed E-state index contributed by atoms with van der Waals surface area (Å²) in [6.45, 7) is 1.71. The van der Waals surface area contributed by atoms with Crippen LogP contribution in [-0.2, 0) is 21.0 Å². The van der Waals surface area contributed by atoms with Crippen LogP contribution in [0.4, 0.5) is 13.2 Å². The third kappa shape index (κ3) is 5.28. The van der Waals surface area contributed by atoms with Crippen LogP contribution in [0.2, 0.25) is 0 Å². The Balaban J connectivity index is 1.58. The second-order valence-corrected chi connectivity index (χ2v) is 9.40. The summed E-state index contributed by atoms with van der Waals surface area (Å²) >= 11 is 0. The molecule has 0 spiro atoms. The van der Waals surface area contributed by atoms with Crippen molar-refractivity contribution in [3.8, 4) is 0 Å². The molecule has 0 saturated carbocycles. The lowest BCUT2D eigenvalue weighted by molar-refractivity contribution is -0.137. The average Bonchev–Trinajstić information content (AvgIpc) is 2.77. The zero-order chi connectivity index (χ0) is 23.5. The molecule has 0 atom stereocenters. The minimum absolute atomic E-state index is 0.0254. The minimum atomic E-state index is -4.65. The quantitative estimate of drug-likeness (QED) is 0.674. The van der Waals surface area contributed by atoms with E-state index in [1.807, 2.05) is 0 Å². The van der Waals surface area contributed by atoms with Gasteiger partial charge in [0.2, 0.25) is 15.9 Å². The SMILES string of the molecule is Cc1ccccc1C(=O)NNC(=O)C1CCN(S(=O)(=O)c2cccc(C(F)(F)F)c2)CC1. The number of amides is 2. The van der Waals surface area contributed by atoms with Crippen molar-refractivity contribution in [1.82, 2.24) is 15.2 Å². The number of hydrogen-bond donors (Lipinski definition) is 2. The summed E-state index contributed by atoms with van der Waals surface area (Å²) in [6.07, 6.45) is -4.31. The van der Waals surface area contributed by atoms with Gasteiger partial charge in [-0.05, 0) is 49.6 Å². The number of piperidine rings is 1. The van der Waals surface area contributed by atoms with E-state index in [9.17, 15) is 31.2 Å². The van der Waals surface area contributed by atoms with Crippen molar-refractivity contribution in [2.24, 2.45) is 5.92 Å². The van der Waals surface area contributed by atoms with Crippen molar-refractivity contribution in [1.29, 1.82) is 0 Å². The van der Waals surface area contributed by atoms with Gasteiger partial charge in [-0.1, -0.05) is 24.3 Å². The maximum absolute atomic E-state index is 12.9. The lowest BCUT2D eigenvalue weighted by atomic mass is 9.97. The summed E-state index contributed by atoms with van der Waals surface area (Å²) in [5.74, 6) is -1.47. The molecule has 1 heterocycles. The second kappa shape index (κ2) is 9.29. The standard InChI is InChI=1S/C21H22F3N3O4S/c1-14-5-2-3-8-18(14)20(29)26-25-19(28)15-9-11-27(12-10-15)32(30,31)17-7-4-6-16(13-17)21(22,23)24/h2-8,13,15H,9-12H2,1H3,(H,25,28)(H,26,29). The van der Waals surface area contributed by atoms with Crippen LogP contribution in [0.3, 0.4) is 0 Å². The van der Waals surface area contributed by atoms with Crippen molar-refractivity contribution in [3.05, 3.63) is 65.2 Å². The van der Waals surface area contributed by atoms with Crippen LogP contribution in [0, 0.1) is 12.8 Å². The van der Waals surface area contributed by atoms with Gasteiger partial charge in [-0.2, -0.15) is 17.5 Å². The fourth-order valence-corrected chi connectivity index (χ4v) is 4.97. The number of halogens is 3. The molecular formula is C21H22F3N3O4S. The Hall–Kier alpha value is -2.92. The van der Waals surface area contributed by atoms with Crippen LogP contribution in [0.15, 0.2) is 53.4 Å². The van der Waals surface area contributed by atoms with Crippen molar-refractivity contribution in [2.45, 2.75) is 30.8 Å². The number of hydrogen-bond acceptors (Lipinski definition) is 4. The summed E-state index contributed by atoms with van der Waals surface area (Å²) in [6, 6.07) is 10.4. The van der Waals surface area contributed by atoms with Gasteiger partial charge < -0.3 is 0 Å². The average molecular weight is 469 g/mol. The van der Waals surface area contributed by atoms with Crippen molar-refractivity contribution in [3.63, 3.8) is 0 Å². The molecule has 0 unspecified atom stereocenters. The molecule has 2 N–H and O–H groups in total. The molecule has 2 aromatic rings. The van der Waals surface area contributed by atoms with E-state index < -0.39 is 44.4 Å². The molecule has 7 nitrogen and oxygen atoms in total. The Kier molecular flexibility index (Phi) is 6.89. The highest BCUT2D eigenvalue weighted by atomic mass is 32.2. The Labute approximate surface area is 183 Å². The zero-order valence-electron chi connectivity index (χ0n) is 17.1. The summed E-state index contributed by atoms with van der Waals surface area (Å²) in [4.78, 5) is 24.1. The zero-order valence-corrected chi connectivity index (χ0v) is 18.0. The highest BCUT2D eigenvalue weighted by Crippen LogP contribution is 2.32. The normalized spacial score (nSPS) is 15.9. The monoisotopic (exact) mass is 469 g/mol. The maximum Gasteiger partial charge on any atom is 0.416 e. The van der Waals surface area contributed by atoms with Gasteiger partial charge >= 0.3 is 6.18 Å². The topological polar surface area (TPSA) is 95.6 Å². The van der Waals surface area contributed by atoms with E-state index in [-0.39, 0.29) is 25.9 Å². The summed E-state index contributed by atoms with van der Waals surface area (Å²) < 4.78 is 65.3. The number of nitrogens with zero attached hydrogens (tertiary/aromatic N) is 1. The van der Waals surface area contributed by atoms with E-state index in [2.05, 4.69) is 10.9 Å². The van der Waals surface area contributed by atoms with Gasteiger partial charge in [-0.25, -0.2) is 8.42 Å². The van der Waals surface area contributed by atoms with Crippen molar-refractivity contribution in [2.75, 3.05) is 13.1 Å². The van der Waals surface area contributed by atoms with E-state index in [1.54, 1.807) is 31.2 Å². The van der Waals surface area contributed by atoms with E-state index >= 15 is 0 Å². The molecule has 11 heteroatoms. The first-order valence-electron chi connectivity index (χ1n) is 9.83. The molecule has 0 aromatic heterocycles. The molecule has 2 aromatic carbocycles. The van der Waals surface area contributed by atoms with Gasteiger partial charge in [0.1, 0.15) is 0 Å². The molecule has 32 heavy (non-hydrogen) atoms. The molecule has 0 radical (unpaired) electrons. The van der Waals surface area contributed by atoms with E-state index in [0.29, 0.717) is 11.6 Å². The minimum Gasteiger partial charge on any atom is -0.273 e. The van der Waals surface area contributed by atoms with Crippen LogP contribution < -0.4 is 10.9 Å². The molecule has 2 amide bonds. The van der Waals surface area contributed by atoms with Crippen LogP contribution >= 0.6 is 0 Å². The lowest BCUT2D eigenvalue weighted by Gasteiger charge is -2.30. The first-order chi connectivity index (χ1) is 15.0. The van der Waals surface area contributed by atoms with Gasteiger partial charge in [0.15, 0.2) is 0 Å². The fraction of sp³-hybridized carbons (Fsp3) is 0.333. The number of alkyl halides is 3. The number of carbonyl (C=O) groups excluding carboxylic acids is 2. The second-order valence-electron chi connectivity index (χ2n) is 7.46. The molecule has 3 rings (SSSR count). The van der Waals surface area contributed by atoms with Crippen LogP contribution in [-0.4, -0.2) is 37.6 Å². The van der Waals surface area contributed by atoms with Gasteiger partial charge in [0, 0.05) is 24.6 Å². The van der Waals surface area contributed by atoms with E-state index in [0.717, 1.165) is 28.1 Å². The predicted molar refractivity (Wildman–Crippen MR) is 110 cm³/mol. The summed E-state index contributed by atoms with van der Waals surface area (Å²) in [5, 5.41) is 0. The van der Waals surface area contributed by atoms with Crippen LogP contribution in [0.5, 0.6) is 0 Å². The third-order valence-electron chi connectivity index (χ3n) is 5.31. The first-order valence-corrected chi connectivity index (χ1v) is 11.3. The Morgan fingerprint density at radius 3 is 2.28 bits per heavy atom. The molecule has 0 bridgehead atoms. The van der Waals surface area contributed by atoms with Crippen molar-refractivity contribution < 1.29 is 31.2 Å².